The van der Waals surface area contributed by atoms with Gasteiger partial charge in [-0.05, 0) is 36.8 Å². The Balaban J connectivity index is 1.83. The van der Waals surface area contributed by atoms with E-state index in [0.29, 0.717) is 5.75 Å². The molecule has 3 aromatic rings. The van der Waals surface area contributed by atoms with Gasteiger partial charge >= 0.3 is 0 Å². The van der Waals surface area contributed by atoms with Crippen molar-refractivity contribution in [1.29, 1.82) is 0 Å². The van der Waals surface area contributed by atoms with Crippen LogP contribution in [0.4, 0.5) is 0 Å². The van der Waals surface area contributed by atoms with E-state index in [-0.39, 0.29) is 10.6 Å². The molecule has 27 heavy (non-hydrogen) atoms. The summed E-state index contributed by atoms with van der Waals surface area (Å²) in [5, 5.41) is 4.06. The first-order valence-electron chi connectivity index (χ1n) is 8.14. The van der Waals surface area contributed by atoms with Crippen LogP contribution in [0.1, 0.15) is 18.5 Å². The third kappa shape index (κ3) is 4.09. The van der Waals surface area contributed by atoms with Crippen molar-refractivity contribution < 1.29 is 17.9 Å². The van der Waals surface area contributed by atoms with Crippen molar-refractivity contribution in [3.63, 3.8) is 0 Å². The number of hydrogen-bond donors (Lipinski definition) is 1. The Labute approximate surface area is 157 Å². The predicted molar refractivity (Wildman–Crippen MR) is 99.6 cm³/mol. The number of aromatic nitrogens is 3. The fraction of sp³-hybridized carbons (Fsp3) is 0.222. The van der Waals surface area contributed by atoms with Crippen LogP contribution in [0.25, 0.3) is 5.69 Å². The molecule has 1 aromatic heterocycles. The van der Waals surface area contributed by atoms with Crippen LogP contribution in [0.5, 0.6) is 11.5 Å². The van der Waals surface area contributed by atoms with E-state index in [1.165, 1.54) is 26.6 Å². The standard InChI is InChI=1S/C18H20N4O4S/c1-13(14-4-6-15(7-5-14)22-12-19-11-20-22)21-27(23,24)18-10-16(25-2)8-9-17(18)26-3/h4-13,21H,1-3H3/t13-/m1/s1. The van der Waals surface area contributed by atoms with E-state index in [2.05, 4.69) is 14.8 Å². The second kappa shape index (κ2) is 7.77. The summed E-state index contributed by atoms with van der Waals surface area (Å²) in [5.41, 5.74) is 1.64. The quantitative estimate of drug-likeness (QED) is 0.667. The number of methoxy groups -OCH3 is 2. The number of nitrogens with zero attached hydrogens (tertiary/aromatic N) is 3. The van der Waals surface area contributed by atoms with Crippen LogP contribution in [-0.4, -0.2) is 37.4 Å². The highest BCUT2D eigenvalue weighted by atomic mass is 32.2. The van der Waals surface area contributed by atoms with Crippen molar-refractivity contribution in [2.75, 3.05) is 14.2 Å². The number of rotatable bonds is 7. The molecule has 0 unspecified atom stereocenters. The molecule has 0 bridgehead atoms. The molecule has 0 saturated heterocycles. The van der Waals surface area contributed by atoms with Gasteiger partial charge in [-0.3, -0.25) is 0 Å². The molecule has 0 aliphatic rings. The second-order valence-electron chi connectivity index (χ2n) is 5.79. The summed E-state index contributed by atoms with van der Waals surface area (Å²) in [6, 6.07) is 11.6. The smallest absolute Gasteiger partial charge is 0.244 e. The van der Waals surface area contributed by atoms with Gasteiger partial charge in [0.2, 0.25) is 10.0 Å². The van der Waals surface area contributed by atoms with Gasteiger partial charge in [0.05, 0.1) is 19.9 Å². The third-order valence-corrected chi connectivity index (χ3v) is 5.63. The van der Waals surface area contributed by atoms with E-state index >= 15 is 0 Å². The molecule has 0 aliphatic carbocycles. The fourth-order valence-electron chi connectivity index (χ4n) is 2.62. The van der Waals surface area contributed by atoms with Gasteiger partial charge < -0.3 is 9.47 Å². The number of sulfonamides is 1. The highest BCUT2D eigenvalue weighted by Gasteiger charge is 2.23. The van der Waals surface area contributed by atoms with Crippen LogP contribution in [0, 0.1) is 0 Å². The van der Waals surface area contributed by atoms with E-state index in [9.17, 15) is 8.42 Å². The molecule has 0 spiro atoms. The molecule has 3 rings (SSSR count). The minimum absolute atomic E-state index is 0.0236. The van der Waals surface area contributed by atoms with Gasteiger partial charge in [0.1, 0.15) is 29.0 Å². The van der Waals surface area contributed by atoms with Gasteiger partial charge in [-0.1, -0.05) is 12.1 Å². The van der Waals surface area contributed by atoms with E-state index in [1.807, 2.05) is 24.3 Å². The molecule has 142 valence electrons. The summed E-state index contributed by atoms with van der Waals surface area (Å²) >= 11 is 0. The van der Waals surface area contributed by atoms with Gasteiger partial charge in [0.15, 0.2) is 0 Å². The second-order valence-corrected chi connectivity index (χ2v) is 7.47. The Bertz CT molecular complexity index is 1000. The van der Waals surface area contributed by atoms with Crippen molar-refractivity contribution in [1.82, 2.24) is 19.5 Å². The van der Waals surface area contributed by atoms with Crippen molar-refractivity contribution >= 4 is 10.0 Å². The first-order valence-corrected chi connectivity index (χ1v) is 9.62. The first kappa shape index (κ1) is 18.9. The van der Waals surface area contributed by atoms with Crippen molar-refractivity contribution in [2.45, 2.75) is 17.9 Å². The molecule has 0 amide bonds. The topological polar surface area (TPSA) is 95.3 Å². The summed E-state index contributed by atoms with van der Waals surface area (Å²) < 4.78 is 40.3. The molecular weight excluding hydrogens is 368 g/mol. The van der Waals surface area contributed by atoms with Crippen LogP contribution in [0.2, 0.25) is 0 Å². The number of benzene rings is 2. The lowest BCUT2D eigenvalue weighted by atomic mass is 10.1. The van der Waals surface area contributed by atoms with Crippen molar-refractivity contribution in [3.8, 4) is 17.2 Å². The number of nitrogens with one attached hydrogen (secondary N) is 1. The van der Waals surface area contributed by atoms with Gasteiger partial charge in [0, 0.05) is 12.1 Å². The number of ether oxygens (including phenoxy) is 2. The van der Waals surface area contributed by atoms with Gasteiger partial charge in [-0.2, -0.15) is 5.10 Å². The lowest BCUT2D eigenvalue weighted by Gasteiger charge is -2.17. The number of hydrogen-bond acceptors (Lipinski definition) is 6. The molecule has 1 N–H and O–H groups in total. The minimum Gasteiger partial charge on any atom is -0.497 e. The van der Waals surface area contributed by atoms with Crippen LogP contribution >= 0.6 is 0 Å². The van der Waals surface area contributed by atoms with Crippen LogP contribution in [0.3, 0.4) is 0 Å². The molecular formula is C18H20N4O4S. The average Bonchev–Trinajstić information content (AvgIpc) is 3.22. The molecule has 8 nitrogen and oxygen atoms in total. The average molecular weight is 388 g/mol. The van der Waals surface area contributed by atoms with Crippen LogP contribution in [-0.2, 0) is 10.0 Å². The summed E-state index contributed by atoms with van der Waals surface area (Å²) in [6.45, 7) is 1.77. The predicted octanol–water partition coefficient (Wildman–Crippen LogP) is 2.32. The Kier molecular flexibility index (Phi) is 5.43. The van der Waals surface area contributed by atoms with E-state index in [0.717, 1.165) is 11.3 Å². The third-order valence-electron chi connectivity index (χ3n) is 4.07. The minimum atomic E-state index is -3.82. The molecule has 2 aromatic carbocycles. The first-order chi connectivity index (χ1) is 12.9. The molecule has 1 atom stereocenters. The molecule has 0 radical (unpaired) electrons. The Morgan fingerprint density at radius 1 is 1.07 bits per heavy atom. The molecule has 9 heteroatoms. The Hall–Kier alpha value is -2.91. The SMILES string of the molecule is COc1ccc(OC)c(S(=O)(=O)N[C@H](C)c2ccc(-n3cncn3)cc2)c1. The van der Waals surface area contributed by atoms with E-state index in [1.54, 1.807) is 30.1 Å². The maximum atomic E-state index is 12.8. The molecule has 0 aliphatic heterocycles. The zero-order chi connectivity index (χ0) is 19.4. The summed E-state index contributed by atoms with van der Waals surface area (Å²) in [7, 11) is -0.918. The normalized spacial score (nSPS) is 12.6. The Morgan fingerprint density at radius 3 is 2.41 bits per heavy atom. The fourth-order valence-corrected chi connectivity index (χ4v) is 4.03. The molecule has 0 saturated carbocycles. The van der Waals surface area contributed by atoms with Crippen molar-refractivity contribution in [2.24, 2.45) is 0 Å². The van der Waals surface area contributed by atoms with E-state index in [4.69, 9.17) is 9.47 Å². The highest BCUT2D eigenvalue weighted by Crippen LogP contribution is 2.29. The van der Waals surface area contributed by atoms with Gasteiger partial charge in [-0.25, -0.2) is 22.8 Å². The largest absolute Gasteiger partial charge is 0.497 e. The lowest BCUT2D eigenvalue weighted by Crippen LogP contribution is -2.27. The highest BCUT2D eigenvalue weighted by molar-refractivity contribution is 7.89. The van der Waals surface area contributed by atoms with Crippen molar-refractivity contribution in [3.05, 3.63) is 60.7 Å². The zero-order valence-electron chi connectivity index (χ0n) is 15.2. The zero-order valence-corrected chi connectivity index (χ0v) is 16.0. The monoisotopic (exact) mass is 388 g/mol. The molecule has 1 heterocycles. The van der Waals surface area contributed by atoms with Gasteiger partial charge in [-0.15, -0.1) is 0 Å². The Morgan fingerprint density at radius 2 is 1.81 bits per heavy atom. The van der Waals surface area contributed by atoms with E-state index < -0.39 is 16.1 Å². The molecule has 0 fully saturated rings. The summed E-state index contributed by atoms with van der Waals surface area (Å²) in [6.07, 6.45) is 3.04. The lowest BCUT2D eigenvalue weighted by molar-refractivity contribution is 0.391. The van der Waals surface area contributed by atoms with Crippen LogP contribution in [0.15, 0.2) is 60.0 Å². The summed E-state index contributed by atoms with van der Waals surface area (Å²) in [4.78, 5) is 3.93. The maximum Gasteiger partial charge on any atom is 0.244 e. The maximum absolute atomic E-state index is 12.8. The van der Waals surface area contributed by atoms with Gasteiger partial charge in [0.25, 0.3) is 0 Å². The van der Waals surface area contributed by atoms with Crippen LogP contribution < -0.4 is 14.2 Å². The summed E-state index contributed by atoms with van der Waals surface area (Å²) in [5.74, 6) is 0.679.